The van der Waals surface area contributed by atoms with Gasteiger partial charge in [-0.15, -0.1) is 0 Å². The van der Waals surface area contributed by atoms with Crippen molar-refractivity contribution < 1.29 is 23.1 Å². The molecule has 43 heavy (non-hydrogen) atoms. The summed E-state index contributed by atoms with van der Waals surface area (Å²) in [4.78, 5) is 20.3. The molecule has 10 nitrogen and oxygen atoms in total. The van der Waals surface area contributed by atoms with Gasteiger partial charge in [-0.1, -0.05) is 49.8 Å². The number of carboxylic acid groups (broad SMARTS) is 1. The van der Waals surface area contributed by atoms with E-state index < -0.39 is 16.0 Å². The number of fused-ring (bicyclic) bond motifs is 1. The Morgan fingerprint density at radius 2 is 1.67 bits per heavy atom. The molecule has 2 aromatic heterocycles. The highest BCUT2D eigenvalue weighted by Crippen LogP contribution is 2.30. The van der Waals surface area contributed by atoms with E-state index in [1.807, 2.05) is 31.2 Å². The average molecular weight is 606 g/mol. The van der Waals surface area contributed by atoms with Crippen LogP contribution in [0.4, 0.5) is 17.5 Å². The van der Waals surface area contributed by atoms with Gasteiger partial charge in [-0.05, 0) is 75.1 Å². The van der Waals surface area contributed by atoms with Crippen LogP contribution < -0.4 is 15.4 Å². The fourth-order valence-corrected chi connectivity index (χ4v) is 6.60. The van der Waals surface area contributed by atoms with Crippen LogP contribution in [0.25, 0.3) is 11.0 Å². The lowest BCUT2D eigenvalue weighted by molar-refractivity contribution is -0.137. The molecule has 1 fully saturated rings. The van der Waals surface area contributed by atoms with E-state index in [4.69, 9.17) is 14.8 Å². The van der Waals surface area contributed by atoms with Gasteiger partial charge in [0.1, 0.15) is 11.6 Å². The van der Waals surface area contributed by atoms with Crippen LogP contribution in [-0.4, -0.2) is 46.1 Å². The van der Waals surface area contributed by atoms with Crippen LogP contribution in [0.3, 0.4) is 0 Å². The third-order valence-corrected chi connectivity index (χ3v) is 9.38. The largest absolute Gasteiger partial charge is 0.494 e. The molecule has 0 bridgehead atoms. The predicted octanol–water partition coefficient (Wildman–Crippen LogP) is 6.88. The van der Waals surface area contributed by atoms with E-state index in [0.29, 0.717) is 35.8 Å². The molecule has 0 unspecified atom stereocenters. The maximum Gasteiger partial charge on any atom is 0.303 e. The number of aryl methyl sites for hydroxylation is 1. The lowest BCUT2D eigenvalue weighted by Crippen LogP contribution is -2.23. The van der Waals surface area contributed by atoms with Gasteiger partial charge in [0.15, 0.2) is 5.65 Å². The molecule has 1 aliphatic carbocycles. The highest BCUT2D eigenvalue weighted by atomic mass is 32.2. The van der Waals surface area contributed by atoms with E-state index in [2.05, 4.69) is 15.6 Å². The van der Waals surface area contributed by atoms with E-state index in [0.717, 1.165) is 61.9 Å². The highest BCUT2D eigenvalue weighted by molar-refractivity contribution is 7.90. The number of carboxylic acids is 1. The van der Waals surface area contributed by atoms with Crippen LogP contribution >= 0.6 is 0 Å². The molecule has 0 amide bonds. The van der Waals surface area contributed by atoms with Crippen LogP contribution in [0.1, 0.15) is 69.8 Å². The Morgan fingerprint density at radius 1 is 0.953 bits per heavy atom. The van der Waals surface area contributed by atoms with Crippen molar-refractivity contribution in [1.82, 2.24) is 13.9 Å². The highest BCUT2D eigenvalue weighted by Gasteiger charge is 2.23. The number of benzene rings is 2. The van der Waals surface area contributed by atoms with E-state index in [-0.39, 0.29) is 17.4 Å². The first-order valence-corrected chi connectivity index (χ1v) is 16.4. The SMILES string of the molecule is Cc1ccc(S(=O)(=O)n2ccc3c(NC4CCCCC4)nc(Nc4ccc(OCCCCCCC(=O)O)cc4)nc32)cc1. The Balaban J connectivity index is 1.34. The second kappa shape index (κ2) is 13.9. The maximum absolute atomic E-state index is 13.6. The number of nitrogens with one attached hydrogen (secondary N) is 2. The van der Waals surface area contributed by atoms with E-state index >= 15 is 0 Å². The summed E-state index contributed by atoms with van der Waals surface area (Å²) in [6, 6.07) is 16.3. The fourth-order valence-electron chi connectivity index (χ4n) is 5.30. The molecule has 0 spiro atoms. The van der Waals surface area contributed by atoms with Crippen molar-refractivity contribution in [2.45, 2.75) is 82.1 Å². The minimum atomic E-state index is -3.88. The summed E-state index contributed by atoms with van der Waals surface area (Å²) in [7, 11) is -3.88. The van der Waals surface area contributed by atoms with Crippen LogP contribution in [0.15, 0.2) is 65.7 Å². The molecule has 1 saturated carbocycles. The van der Waals surface area contributed by atoms with Crippen LogP contribution in [0.2, 0.25) is 0 Å². The normalized spacial score (nSPS) is 14.1. The third kappa shape index (κ3) is 7.84. The first-order valence-electron chi connectivity index (χ1n) is 15.0. The van der Waals surface area contributed by atoms with Gasteiger partial charge in [0.05, 0.1) is 16.9 Å². The van der Waals surface area contributed by atoms with Crippen LogP contribution in [0, 0.1) is 6.92 Å². The Morgan fingerprint density at radius 3 is 2.40 bits per heavy atom. The number of ether oxygens (including phenoxy) is 1. The Bertz CT molecular complexity index is 1630. The van der Waals surface area contributed by atoms with Gasteiger partial charge in [-0.3, -0.25) is 4.79 Å². The molecule has 0 saturated heterocycles. The van der Waals surface area contributed by atoms with Crippen molar-refractivity contribution in [2.75, 3.05) is 17.2 Å². The number of aromatic nitrogens is 3. The number of rotatable bonds is 14. The first-order chi connectivity index (χ1) is 20.8. The van der Waals surface area contributed by atoms with E-state index in [1.54, 1.807) is 36.5 Å². The predicted molar refractivity (Wildman–Crippen MR) is 168 cm³/mol. The smallest absolute Gasteiger partial charge is 0.303 e. The molecule has 4 aromatic rings. The number of unbranched alkanes of at least 4 members (excludes halogenated alkanes) is 3. The number of aliphatic carboxylic acids is 1. The molecule has 2 aromatic carbocycles. The fraction of sp³-hybridized carbons (Fsp3) is 0.406. The monoisotopic (exact) mass is 605 g/mol. The molecule has 3 N–H and O–H groups in total. The summed E-state index contributed by atoms with van der Waals surface area (Å²) in [5.41, 5.74) is 2.02. The van der Waals surface area contributed by atoms with Gasteiger partial charge in [0, 0.05) is 24.3 Å². The van der Waals surface area contributed by atoms with Gasteiger partial charge < -0.3 is 20.5 Å². The minimum Gasteiger partial charge on any atom is -0.494 e. The summed E-state index contributed by atoms with van der Waals surface area (Å²) in [5, 5.41) is 16.2. The van der Waals surface area contributed by atoms with E-state index in [1.165, 1.54) is 10.4 Å². The number of carbonyl (C=O) groups is 1. The summed E-state index contributed by atoms with van der Waals surface area (Å²) in [5.74, 6) is 0.874. The molecular weight excluding hydrogens is 566 g/mol. The topological polar surface area (TPSA) is 135 Å². The molecule has 0 aliphatic heterocycles. The summed E-state index contributed by atoms with van der Waals surface area (Å²) >= 11 is 0. The Labute approximate surface area is 252 Å². The van der Waals surface area contributed by atoms with Crippen molar-refractivity contribution in [3.8, 4) is 5.75 Å². The van der Waals surface area contributed by atoms with E-state index in [9.17, 15) is 13.2 Å². The first kappa shape index (κ1) is 30.3. The number of hydrogen-bond acceptors (Lipinski definition) is 8. The maximum atomic E-state index is 13.6. The Hall–Kier alpha value is -4.12. The molecule has 1 aliphatic rings. The summed E-state index contributed by atoms with van der Waals surface area (Å²) < 4.78 is 34.3. The lowest BCUT2D eigenvalue weighted by Gasteiger charge is -2.24. The summed E-state index contributed by atoms with van der Waals surface area (Å²) in [6.45, 7) is 2.48. The van der Waals surface area contributed by atoms with Gasteiger partial charge in [0.2, 0.25) is 5.95 Å². The second-order valence-corrected chi connectivity index (χ2v) is 12.9. The standard InChI is InChI=1S/C32H39N5O5S/c1-23-12-18-27(19-13-23)43(40,41)37-21-20-28-30(33-24-9-5-4-6-10-24)35-32(36-31(28)37)34-25-14-16-26(17-15-25)42-22-8-3-2-7-11-29(38)39/h12-21,24H,2-11,22H2,1H3,(H,38,39)(H2,33,34,35,36). The average Bonchev–Trinajstić information content (AvgIpc) is 3.43. The third-order valence-electron chi connectivity index (χ3n) is 7.70. The van der Waals surface area contributed by atoms with Crippen molar-refractivity contribution in [1.29, 1.82) is 0 Å². The van der Waals surface area contributed by atoms with Gasteiger partial charge in [-0.25, -0.2) is 12.4 Å². The zero-order valence-corrected chi connectivity index (χ0v) is 25.3. The van der Waals surface area contributed by atoms with Crippen molar-refractivity contribution >= 4 is 44.5 Å². The number of hydrogen-bond donors (Lipinski definition) is 3. The number of nitrogens with zero attached hydrogens (tertiary/aromatic N) is 3. The van der Waals surface area contributed by atoms with Gasteiger partial charge in [-0.2, -0.15) is 9.97 Å². The van der Waals surface area contributed by atoms with Crippen LogP contribution in [0.5, 0.6) is 5.75 Å². The molecule has 0 radical (unpaired) electrons. The zero-order valence-electron chi connectivity index (χ0n) is 24.5. The minimum absolute atomic E-state index is 0.196. The number of anilines is 3. The molecule has 0 atom stereocenters. The Kier molecular flexibility index (Phi) is 9.81. The second-order valence-electron chi connectivity index (χ2n) is 11.1. The molecule has 5 rings (SSSR count). The van der Waals surface area contributed by atoms with Crippen molar-refractivity contribution in [3.63, 3.8) is 0 Å². The molecular formula is C32H39N5O5S. The zero-order chi connectivity index (χ0) is 30.2. The molecule has 2 heterocycles. The van der Waals surface area contributed by atoms with Gasteiger partial charge in [0.25, 0.3) is 10.0 Å². The molecule has 11 heteroatoms. The van der Waals surface area contributed by atoms with Gasteiger partial charge >= 0.3 is 5.97 Å². The summed E-state index contributed by atoms with van der Waals surface area (Å²) in [6.07, 6.45) is 10.7. The molecule has 228 valence electrons. The van der Waals surface area contributed by atoms with Crippen LogP contribution in [-0.2, 0) is 14.8 Å². The van der Waals surface area contributed by atoms with Crippen molar-refractivity contribution in [2.24, 2.45) is 0 Å². The lowest BCUT2D eigenvalue weighted by atomic mass is 9.95. The quantitative estimate of drug-likeness (QED) is 0.131. The van der Waals surface area contributed by atoms with Crippen molar-refractivity contribution in [3.05, 3.63) is 66.4 Å².